The Morgan fingerprint density at radius 1 is 1.32 bits per heavy atom. The lowest BCUT2D eigenvalue weighted by Crippen LogP contribution is -2.44. The molecule has 0 saturated heterocycles. The first-order valence-corrected chi connectivity index (χ1v) is 7.55. The number of hydrogen-bond acceptors (Lipinski definition) is 3. The molecule has 1 atom stereocenters. The van der Waals surface area contributed by atoms with Gasteiger partial charge in [0.1, 0.15) is 5.54 Å². The van der Waals surface area contributed by atoms with Crippen LogP contribution in [0.15, 0.2) is 0 Å². The number of carboxylic acid groups (broad SMARTS) is 1. The van der Waals surface area contributed by atoms with Crippen LogP contribution >= 0.6 is 0 Å². The average molecular weight is 270 g/mol. The van der Waals surface area contributed by atoms with Crippen LogP contribution in [-0.2, 0) is 4.79 Å². The number of unbranched alkanes of at least 4 members (excludes halogenated alkanes) is 1. The van der Waals surface area contributed by atoms with E-state index in [1.807, 2.05) is 0 Å². The summed E-state index contributed by atoms with van der Waals surface area (Å²) in [5.41, 5.74) is 4.65. The molecule has 112 valence electrons. The van der Waals surface area contributed by atoms with Crippen molar-refractivity contribution < 1.29 is 9.90 Å². The van der Waals surface area contributed by atoms with Crippen molar-refractivity contribution in [3.05, 3.63) is 0 Å². The molecule has 1 aliphatic carbocycles. The van der Waals surface area contributed by atoms with Crippen LogP contribution in [0.3, 0.4) is 0 Å². The van der Waals surface area contributed by atoms with E-state index in [2.05, 4.69) is 18.9 Å². The topological polar surface area (TPSA) is 66.6 Å². The lowest BCUT2D eigenvalue weighted by Gasteiger charge is -2.33. The third-order valence-corrected chi connectivity index (χ3v) is 4.55. The van der Waals surface area contributed by atoms with Crippen molar-refractivity contribution in [1.82, 2.24) is 4.90 Å². The Kier molecular flexibility index (Phi) is 6.27. The predicted octanol–water partition coefficient (Wildman–Crippen LogP) is 2.47. The Labute approximate surface area is 117 Å². The Morgan fingerprint density at radius 3 is 2.42 bits per heavy atom. The van der Waals surface area contributed by atoms with Crippen LogP contribution < -0.4 is 5.73 Å². The van der Waals surface area contributed by atoms with Crippen LogP contribution in [0.2, 0.25) is 0 Å². The van der Waals surface area contributed by atoms with E-state index in [1.165, 1.54) is 25.7 Å². The molecule has 3 N–H and O–H groups in total. The molecule has 0 aliphatic heterocycles. The maximum absolute atomic E-state index is 10.9. The van der Waals surface area contributed by atoms with Gasteiger partial charge in [0.2, 0.25) is 0 Å². The van der Waals surface area contributed by atoms with Gasteiger partial charge in [-0.3, -0.25) is 4.79 Å². The molecular weight excluding hydrogens is 240 g/mol. The second-order valence-electron chi connectivity index (χ2n) is 6.57. The summed E-state index contributed by atoms with van der Waals surface area (Å²) >= 11 is 0. The molecule has 4 nitrogen and oxygen atoms in total. The molecule has 1 saturated carbocycles. The fourth-order valence-electron chi connectivity index (χ4n) is 2.83. The smallest absolute Gasteiger partial charge is 0.323 e. The van der Waals surface area contributed by atoms with Crippen molar-refractivity contribution in [3.8, 4) is 0 Å². The number of nitrogens with two attached hydrogens (primary N) is 1. The molecule has 0 spiro atoms. The lowest BCUT2D eigenvalue weighted by molar-refractivity contribution is -0.142. The molecule has 4 heteroatoms. The lowest BCUT2D eigenvalue weighted by atomic mass is 9.86. The van der Waals surface area contributed by atoms with Gasteiger partial charge >= 0.3 is 5.97 Å². The molecule has 1 rings (SSSR count). The van der Waals surface area contributed by atoms with Gasteiger partial charge in [-0.05, 0) is 71.4 Å². The summed E-state index contributed by atoms with van der Waals surface area (Å²) in [7, 11) is 2.19. The molecule has 1 aliphatic rings. The Hall–Kier alpha value is -0.610. The van der Waals surface area contributed by atoms with E-state index in [0.717, 1.165) is 31.3 Å². The molecule has 1 fully saturated rings. The quantitative estimate of drug-likeness (QED) is 0.697. The van der Waals surface area contributed by atoms with E-state index >= 15 is 0 Å². The number of carbonyl (C=O) groups is 1. The SMILES string of the molecule is CC1CCC(N(C)CCCCC(C)(N)C(=O)O)CC1. The Morgan fingerprint density at radius 2 is 1.89 bits per heavy atom. The van der Waals surface area contributed by atoms with Crippen LogP contribution in [0.4, 0.5) is 0 Å². The molecule has 0 radical (unpaired) electrons. The minimum absolute atomic E-state index is 0.553. The highest BCUT2D eigenvalue weighted by molar-refractivity contribution is 5.77. The summed E-state index contributed by atoms with van der Waals surface area (Å²) in [6.07, 6.45) is 7.76. The molecular formula is C15H30N2O2. The van der Waals surface area contributed by atoms with Crippen LogP contribution in [0.5, 0.6) is 0 Å². The molecule has 0 aromatic rings. The second-order valence-corrected chi connectivity index (χ2v) is 6.57. The molecule has 0 amide bonds. The minimum Gasteiger partial charge on any atom is -0.480 e. The summed E-state index contributed by atoms with van der Waals surface area (Å²) < 4.78 is 0. The largest absolute Gasteiger partial charge is 0.480 e. The van der Waals surface area contributed by atoms with Gasteiger partial charge in [-0.25, -0.2) is 0 Å². The number of hydrogen-bond donors (Lipinski definition) is 2. The fraction of sp³-hybridized carbons (Fsp3) is 0.933. The van der Waals surface area contributed by atoms with E-state index in [1.54, 1.807) is 6.92 Å². The Bertz CT molecular complexity index is 284. The highest BCUT2D eigenvalue weighted by Gasteiger charge is 2.27. The first-order valence-electron chi connectivity index (χ1n) is 7.55. The number of rotatable bonds is 7. The standard InChI is InChI=1S/C15H30N2O2/c1-12-6-8-13(9-7-12)17(3)11-5-4-10-15(2,16)14(18)19/h12-13H,4-11,16H2,1-3H3,(H,18,19). The molecule has 1 unspecified atom stereocenters. The average Bonchev–Trinajstić information content (AvgIpc) is 2.35. The molecule has 0 bridgehead atoms. The minimum atomic E-state index is -1.07. The van der Waals surface area contributed by atoms with Gasteiger partial charge in [-0.1, -0.05) is 6.92 Å². The third-order valence-electron chi connectivity index (χ3n) is 4.55. The summed E-state index contributed by atoms with van der Waals surface area (Å²) in [5, 5.41) is 8.94. The number of nitrogens with zero attached hydrogens (tertiary/aromatic N) is 1. The molecule has 0 aromatic carbocycles. The Balaban J connectivity index is 2.17. The van der Waals surface area contributed by atoms with Crippen LogP contribution in [0, 0.1) is 5.92 Å². The summed E-state index contributed by atoms with van der Waals surface area (Å²) in [6, 6.07) is 0.722. The molecule has 19 heavy (non-hydrogen) atoms. The van der Waals surface area contributed by atoms with E-state index in [0.29, 0.717) is 6.42 Å². The summed E-state index contributed by atoms with van der Waals surface area (Å²) in [6.45, 7) is 4.99. The predicted molar refractivity (Wildman–Crippen MR) is 78.1 cm³/mol. The molecule has 0 aromatic heterocycles. The van der Waals surface area contributed by atoms with Gasteiger partial charge in [-0.2, -0.15) is 0 Å². The van der Waals surface area contributed by atoms with Crippen LogP contribution in [0.25, 0.3) is 0 Å². The zero-order valence-electron chi connectivity index (χ0n) is 12.7. The first-order chi connectivity index (χ1) is 8.83. The van der Waals surface area contributed by atoms with Gasteiger partial charge < -0.3 is 15.7 Å². The van der Waals surface area contributed by atoms with Gasteiger partial charge in [0.05, 0.1) is 0 Å². The van der Waals surface area contributed by atoms with Crippen molar-refractivity contribution in [2.45, 2.75) is 70.4 Å². The summed E-state index contributed by atoms with van der Waals surface area (Å²) in [4.78, 5) is 13.3. The van der Waals surface area contributed by atoms with Crippen molar-refractivity contribution in [3.63, 3.8) is 0 Å². The molecule has 0 heterocycles. The van der Waals surface area contributed by atoms with E-state index < -0.39 is 11.5 Å². The monoisotopic (exact) mass is 270 g/mol. The maximum atomic E-state index is 10.9. The fourth-order valence-corrected chi connectivity index (χ4v) is 2.83. The van der Waals surface area contributed by atoms with Crippen LogP contribution in [0.1, 0.15) is 58.8 Å². The zero-order valence-corrected chi connectivity index (χ0v) is 12.7. The highest BCUT2D eigenvalue weighted by atomic mass is 16.4. The van der Waals surface area contributed by atoms with E-state index in [-0.39, 0.29) is 0 Å². The maximum Gasteiger partial charge on any atom is 0.323 e. The number of carboxylic acids is 1. The zero-order chi connectivity index (χ0) is 14.5. The van der Waals surface area contributed by atoms with Gasteiger partial charge in [-0.15, -0.1) is 0 Å². The van der Waals surface area contributed by atoms with Crippen molar-refractivity contribution in [1.29, 1.82) is 0 Å². The van der Waals surface area contributed by atoms with E-state index in [4.69, 9.17) is 10.8 Å². The number of aliphatic carboxylic acids is 1. The van der Waals surface area contributed by atoms with Crippen molar-refractivity contribution >= 4 is 5.97 Å². The van der Waals surface area contributed by atoms with Gasteiger partial charge in [0.25, 0.3) is 0 Å². The first kappa shape index (κ1) is 16.4. The van der Waals surface area contributed by atoms with Gasteiger partial charge in [0, 0.05) is 6.04 Å². The normalized spacial score (nSPS) is 27.2. The van der Waals surface area contributed by atoms with Crippen molar-refractivity contribution in [2.75, 3.05) is 13.6 Å². The summed E-state index contributed by atoms with van der Waals surface area (Å²) in [5.74, 6) is -0.0136. The second kappa shape index (κ2) is 7.25. The van der Waals surface area contributed by atoms with Crippen molar-refractivity contribution in [2.24, 2.45) is 11.7 Å². The van der Waals surface area contributed by atoms with Gasteiger partial charge in [0.15, 0.2) is 0 Å². The third kappa shape index (κ3) is 5.49. The van der Waals surface area contributed by atoms with Crippen LogP contribution in [-0.4, -0.2) is 41.1 Å². The highest BCUT2D eigenvalue weighted by Crippen LogP contribution is 2.26. The van der Waals surface area contributed by atoms with E-state index in [9.17, 15) is 4.79 Å².